The molecule has 2 aromatic carbocycles. The summed E-state index contributed by atoms with van der Waals surface area (Å²) in [6.45, 7) is 0.561. The highest BCUT2D eigenvalue weighted by Crippen LogP contribution is 2.35. The lowest BCUT2D eigenvalue weighted by atomic mass is 10.2. The molecule has 0 spiro atoms. The fourth-order valence-corrected chi connectivity index (χ4v) is 3.62. The van der Waals surface area contributed by atoms with Crippen LogP contribution in [0, 0.1) is 0 Å². The number of H-pyrrole nitrogens is 1. The Kier molecular flexibility index (Phi) is 3.34. The highest BCUT2D eigenvalue weighted by atomic mass is 32.2. The van der Waals surface area contributed by atoms with E-state index in [-0.39, 0.29) is 6.79 Å². The van der Waals surface area contributed by atoms with Crippen LogP contribution in [-0.2, 0) is 16.4 Å². The van der Waals surface area contributed by atoms with Crippen LogP contribution in [-0.4, -0.2) is 31.4 Å². The normalized spacial score (nSPS) is 13.4. The number of sulfone groups is 1. The third-order valence-corrected chi connectivity index (χ3v) is 4.99. The summed E-state index contributed by atoms with van der Waals surface area (Å²) in [5.74, 6) is 1.90. The first-order chi connectivity index (χ1) is 11.5. The molecule has 1 aliphatic heterocycles. The van der Waals surface area contributed by atoms with E-state index in [1.54, 1.807) is 18.2 Å². The quantitative estimate of drug-likeness (QED) is 0.754. The second-order valence-corrected chi connectivity index (χ2v) is 7.53. The van der Waals surface area contributed by atoms with Crippen LogP contribution in [0.3, 0.4) is 0 Å². The average Bonchev–Trinajstić information content (AvgIpc) is 3.15. The van der Waals surface area contributed by atoms with Crippen molar-refractivity contribution in [1.82, 2.24) is 9.97 Å². The molecule has 124 valence electrons. The highest BCUT2D eigenvalue weighted by molar-refractivity contribution is 7.90. The van der Waals surface area contributed by atoms with Gasteiger partial charge in [-0.1, -0.05) is 18.2 Å². The van der Waals surface area contributed by atoms with Gasteiger partial charge in [0.1, 0.15) is 0 Å². The maximum absolute atomic E-state index is 11.8. The number of hydrogen-bond donors (Lipinski definition) is 2. The molecule has 0 unspecified atom stereocenters. The van der Waals surface area contributed by atoms with Crippen LogP contribution in [0.4, 0.5) is 5.95 Å². The zero-order valence-corrected chi connectivity index (χ0v) is 13.7. The molecule has 1 aliphatic rings. The monoisotopic (exact) mass is 345 g/mol. The van der Waals surface area contributed by atoms with Crippen molar-refractivity contribution in [3.8, 4) is 11.5 Å². The Morgan fingerprint density at radius 3 is 2.75 bits per heavy atom. The summed E-state index contributed by atoms with van der Waals surface area (Å²) < 4.78 is 34.4. The van der Waals surface area contributed by atoms with Gasteiger partial charge in [0.2, 0.25) is 12.7 Å². The Balaban J connectivity index is 1.60. The summed E-state index contributed by atoms with van der Waals surface area (Å²) in [5.41, 5.74) is 2.26. The molecule has 0 saturated heterocycles. The van der Waals surface area contributed by atoms with Crippen molar-refractivity contribution in [2.45, 2.75) is 11.4 Å². The number of aromatic nitrogens is 2. The van der Waals surface area contributed by atoms with E-state index in [0.29, 0.717) is 34.5 Å². The Labute approximate surface area is 138 Å². The highest BCUT2D eigenvalue weighted by Gasteiger charge is 2.17. The van der Waals surface area contributed by atoms with Crippen molar-refractivity contribution in [3.05, 3.63) is 42.0 Å². The largest absolute Gasteiger partial charge is 0.454 e. The van der Waals surface area contributed by atoms with Crippen molar-refractivity contribution >= 4 is 26.8 Å². The summed E-state index contributed by atoms with van der Waals surface area (Å²) in [6, 6.07) is 10.5. The summed E-state index contributed by atoms with van der Waals surface area (Å²) in [5, 5.41) is 3.13. The van der Waals surface area contributed by atoms with Gasteiger partial charge in [-0.25, -0.2) is 13.4 Å². The van der Waals surface area contributed by atoms with Gasteiger partial charge in [-0.05, 0) is 11.6 Å². The van der Waals surface area contributed by atoms with Gasteiger partial charge in [-0.3, -0.25) is 0 Å². The van der Waals surface area contributed by atoms with Crippen molar-refractivity contribution in [3.63, 3.8) is 0 Å². The molecule has 7 nitrogen and oxygen atoms in total. The van der Waals surface area contributed by atoms with Gasteiger partial charge >= 0.3 is 0 Å². The lowest BCUT2D eigenvalue weighted by Crippen LogP contribution is -2.07. The lowest BCUT2D eigenvalue weighted by molar-refractivity contribution is 0.174. The molecule has 2 N–H and O–H groups in total. The molecule has 8 heteroatoms. The molecular formula is C16H15N3O4S. The Hall–Kier alpha value is -2.74. The van der Waals surface area contributed by atoms with Crippen LogP contribution in [0.2, 0.25) is 0 Å². The summed E-state index contributed by atoms with van der Waals surface area (Å²) >= 11 is 0. The smallest absolute Gasteiger partial charge is 0.231 e. The first-order valence-corrected chi connectivity index (χ1v) is 9.21. The SMILES string of the molecule is CS(=O)(=O)c1ccccc1CNc1nc2cc3c(cc2[nH]1)OCO3. The van der Waals surface area contributed by atoms with E-state index in [0.717, 1.165) is 11.0 Å². The van der Waals surface area contributed by atoms with Crippen LogP contribution >= 0.6 is 0 Å². The van der Waals surface area contributed by atoms with Crippen molar-refractivity contribution in [2.75, 3.05) is 18.4 Å². The van der Waals surface area contributed by atoms with E-state index >= 15 is 0 Å². The molecule has 0 amide bonds. The maximum Gasteiger partial charge on any atom is 0.231 e. The number of ether oxygens (including phenoxy) is 2. The van der Waals surface area contributed by atoms with E-state index in [2.05, 4.69) is 15.3 Å². The molecule has 0 atom stereocenters. The van der Waals surface area contributed by atoms with Gasteiger partial charge in [0.15, 0.2) is 21.3 Å². The Morgan fingerprint density at radius 2 is 1.96 bits per heavy atom. The predicted octanol–water partition coefficient (Wildman–Crippen LogP) is 2.31. The number of nitrogens with one attached hydrogen (secondary N) is 2. The summed E-state index contributed by atoms with van der Waals surface area (Å²) in [7, 11) is -3.27. The van der Waals surface area contributed by atoms with Crippen LogP contribution in [0.1, 0.15) is 5.56 Å². The van der Waals surface area contributed by atoms with Crippen LogP contribution in [0.25, 0.3) is 11.0 Å². The van der Waals surface area contributed by atoms with E-state index < -0.39 is 9.84 Å². The second kappa shape index (κ2) is 5.41. The van der Waals surface area contributed by atoms with Crippen molar-refractivity contribution in [1.29, 1.82) is 0 Å². The molecule has 0 radical (unpaired) electrons. The first kappa shape index (κ1) is 14.8. The van der Waals surface area contributed by atoms with Gasteiger partial charge in [0.05, 0.1) is 15.9 Å². The van der Waals surface area contributed by atoms with Crippen LogP contribution in [0.15, 0.2) is 41.3 Å². The number of nitrogens with zero attached hydrogens (tertiary/aromatic N) is 1. The standard InChI is InChI=1S/C16H15N3O4S/c1-24(20,21)15-5-3-2-4-10(15)8-17-16-18-11-6-13-14(23-9-22-13)7-12(11)19-16/h2-7H,8-9H2,1H3,(H2,17,18,19). The topological polar surface area (TPSA) is 93.3 Å². The van der Waals surface area contributed by atoms with Crippen molar-refractivity contribution in [2.24, 2.45) is 0 Å². The van der Waals surface area contributed by atoms with Gasteiger partial charge < -0.3 is 19.8 Å². The Morgan fingerprint density at radius 1 is 1.21 bits per heavy atom. The molecule has 24 heavy (non-hydrogen) atoms. The fraction of sp³-hybridized carbons (Fsp3) is 0.188. The fourth-order valence-electron chi connectivity index (χ4n) is 2.67. The second-order valence-electron chi connectivity index (χ2n) is 5.54. The molecule has 3 aromatic rings. The van der Waals surface area contributed by atoms with E-state index in [1.165, 1.54) is 6.26 Å². The van der Waals surface area contributed by atoms with Crippen molar-refractivity contribution < 1.29 is 17.9 Å². The van der Waals surface area contributed by atoms with E-state index in [1.807, 2.05) is 18.2 Å². The minimum atomic E-state index is -3.27. The average molecular weight is 345 g/mol. The maximum atomic E-state index is 11.8. The number of anilines is 1. The van der Waals surface area contributed by atoms with Gasteiger partial charge in [-0.2, -0.15) is 0 Å². The molecule has 0 bridgehead atoms. The predicted molar refractivity (Wildman–Crippen MR) is 89.1 cm³/mol. The number of hydrogen-bond acceptors (Lipinski definition) is 6. The molecular weight excluding hydrogens is 330 g/mol. The molecule has 0 aliphatic carbocycles. The van der Waals surface area contributed by atoms with Crippen LogP contribution in [0.5, 0.6) is 11.5 Å². The molecule has 0 fully saturated rings. The summed E-state index contributed by atoms with van der Waals surface area (Å²) in [4.78, 5) is 7.91. The zero-order chi connectivity index (χ0) is 16.7. The molecule has 0 saturated carbocycles. The number of imidazole rings is 1. The number of benzene rings is 2. The third-order valence-electron chi connectivity index (χ3n) is 3.79. The van der Waals surface area contributed by atoms with Gasteiger partial charge in [0, 0.05) is 24.9 Å². The van der Waals surface area contributed by atoms with Crippen LogP contribution < -0.4 is 14.8 Å². The van der Waals surface area contributed by atoms with E-state index in [4.69, 9.17) is 9.47 Å². The first-order valence-electron chi connectivity index (χ1n) is 7.32. The lowest BCUT2D eigenvalue weighted by Gasteiger charge is -2.08. The molecule has 2 heterocycles. The number of fused-ring (bicyclic) bond motifs is 2. The molecule has 4 rings (SSSR count). The minimum absolute atomic E-state index is 0.218. The number of aromatic amines is 1. The van der Waals surface area contributed by atoms with Gasteiger partial charge in [-0.15, -0.1) is 0 Å². The molecule has 1 aromatic heterocycles. The number of rotatable bonds is 4. The summed E-state index contributed by atoms with van der Waals surface area (Å²) in [6.07, 6.45) is 1.20. The zero-order valence-electron chi connectivity index (χ0n) is 12.9. The third kappa shape index (κ3) is 2.65. The van der Waals surface area contributed by atoms with Gasteiger partial charge in [0.25, 0.3) is 0 Å². The van der Waals surface area contributed by atoms with E-state index in [9.17, 15) is 8.42 Å². The minimum Gasteiger partial charge on any atom is -0.454 e. The Bertz CT molecular complexity index is 986.